The summed E-state index contributed by atoms with van der Waals surface area (Å²) in [6.45, 7) is 7.48. The van der Waals surface area contributed by atoms with E-state index >= 15 is 0 Å². The van der Waals surface area contributed by atoms with Gasteiger partial charge in [-0.05, 0) is 31.9 Å². The van der Waals surface area contributed by atoms with E-state index in [1.807, 2.05) is 30.7 Å². The second kappa shape index (κ2) is 6.42. The summed E-state index contributed by atoms with van der Waals surface area (Å²) < 4.78 is 7.83. The van der Waals surface area contributed by atoms with E-state index in [-0.39, 0.29) is 0 Å². The SMILES string of the molecule is Cc1cnc(-c2ccncc2)n1CC1CN(C2CCOCC2)C1. The van der Waals surface area contributed by atoms with Crippen LogP contribution in [0, 0.1) is 12.8 Å². The zero-order valence-electron chi connectivity index (χ0n) is 13.7. The monoisotopic (exact) mass is 312 g/mol. The standard InChI is InChI=1S/C18H24N4O/c1-14-10-20-18(16-2-6-19-7-3-16)22(14)13-15-11-21(12-15)17-4-8-23-9-5-17/h2-3,6-7,10,15,17H,4-5,8-9,11-13H2,1H3. The fourth-order valence-corrected chi connectivity index (χ4v) is 3.75. The fraction of sp³-hybridized carbons (Fsp3) is 0.556. The van der Waals surface area contributed by atoms with Crippen molar-refractivity contribution in [2.45, 2.75) is 32.4 Å². The van der Waals surface area contributed by atoms with E-state index in [1.165, 1.54) is 31.6 Å². The molecule has 2 aliphatic rings. The number of pyridine rings is 1. The van der Waals surface area contributed by atoms with E-state index in [4.69, 9.17) is 4.74 Å². The minimum absolute atomic E-state index is 0.728. The Balaban J connectivity index is 1.41. The Kier molecular flexibility index (Phi) is 4.14. The van der Waals surface area contributed by atoms with Gasteiger partial charge in [0.15, 0.2) is 0 Å². The molecule has 0 aromatic carbocycles. The minimum atomic E-state index is 0.728. The summed E-state index contributed by atoms with van der Waals surface area (Å²) in [7, 11) is 0. The Morgan fingerprint density at radius 3 is 2.65 bits per heavy atom. The maximum atomic E-state index is 5.47. The summed E-state index contributed by atoms with van der Waals surface area (Å²) in [5.41, 5.74) is 2.38. The molecule has 2 aromatic heterocycles. The molecule has 2 fully saturated rings. The first-order valence-corrected chi connectivity index (χ1v) is 8.55. The highest BCUT2D eigenvalue weighted by atomic mass is 16.5. The van der Waals surface area contributed by atoms with Crippen LogP contribution in [-0.4, -0.2) is 51.8 Å². The number of hydrogen-bond donors (Lipinski definition) is 0. The Hall–Kier alpha value is -1.72. The second-order valence-electron chi connectivity index (χ2n) is 6.73. The van der Waals surface area contributed by atoms with E-state index in [2.05, 4.69) is 26.4 Å². The highest BCUT2D eigenvalue weighted by molar-refractivity contribution is 5.55. The molecule has 2 aromatic rings. The highest BCUT2D eigenvalue weighted by Crippen LogP contribution is 2.27. The van der Waals surface area contributed by atoms with Crippen LogP contribution < -0.4 is 0 Å². The lowest BCUT2D eigenvalue weighted by molar-refractivity contribution is -0.0190. The van der Waals surface area contributed by atoms with Gasteiger partial charge in [-0.15, -0.1) is 0 Å². The number of nitrogens with zero attached hydrogens (tertiary/aromatic N) is 4. The first kappa shape index (κ1) is 14.8. The third-order valence-electron chi connectivity index (χ3n) is 5.13. The number of rotatable bonds is 4. The van der Waals surface area contributed by atoms with Crippen LogP contribution in [0.3, 0.4) is 0 Å². The summed E-state index contributed by atoms with van der Waals surface area (Å²) >= 11 is 0. The molecule has 5 heteroatoms. The van der Waals surface area contributed by atoms with Gasteiger partial charge in [-0.1, -0.05) is 0 Å². The number of hydrogen-bond acceptors (Lipinski definition) is 4. The molecule has 4 heterocycles. The quantitative estimate of drug-likeness (QED) is 0.869. The Bertz CT molecular complexity index is 642. The van der Waals surface area contributed by atoms with Crippen LogP contribution in [0.15, 0.2) is 30.7 Å². The third kappa shape index (κ3) is 3.03. The maximum Gasteiger partial charge on any atom is 0.140 e. The van der Waals surface area contributed by atoms with Gasteiger partial charge in [0.25, 0.3) is 0 Å². The van der Waals surface area contributed by atoms with Gasteiger partial charge in [-0.25, -0.2) is 4.98 Å². The van der Waals surface area contributed by atoms with Crippen molar-refractivity contribution in [3.05, 3.63) is 36.4 Å². The van der Waals surface area contributed by atoms with Gasteiger partial charge in [-0.3, -0.25) is 9.88 Å². The zero-order chi connectivity index (χ0) is 15.6. The number of likely N-dealkylation sites (tertiary alicyclic amines) is 1. The van der Waals surface area contributed by atoms with Crippen LogP contribution in [0.4, 0.5) is 0 Å². The normalized spacial score (nSPS) is 20.6. The summed E-state index contributed by atoms with van der Waals surface area (Å²) in [6, 6.07) is 4.81. The number of aromatic nitrogens is 3. The molecular weight excluding hydrogens is 288 g/mol. The molecule has 0 aliphatic carbocycles. The molecule has 2 aliphatic heterocycles. The molecule has 0 saturated carbocycles. The zero-order valence-corrected chi connectivity index (χ0v) is 13.7. The van der Waals surface area contributed by atoms with Crippen molar-refractivity contribution < 1.29 is 4.74 Å². The van der Waals surface area contributed by atoms with E-state index in [9.17, 15) is 0 Å². The lowest BCUT2D eigenvalue weighted by atomic mass is 9.94. The van der Waals surface area contributed by atoms with Crippen molar-refractivity contribution in [3.8, 4) is 11.4 Å². The van der Waals surface area contributed by atoms with Crippen molar-refractivity contribution in [3.63, 3.8) is 0 Å². The average molecular weight is 312 g/mol. The maximum absolute atomic E-state index is 5.47. The predicted octanol–water partition coefficient (Wildman–Crippen LogP) is 2.36. The van der Waals surface area contributed by atoms with Crippen molar-refractivity contribution >= 4 is 0 Å². The average Bonchev–Trinajstić information content (AvgIpc) is 2.93. The van der Waals surface area contributed by atoms with Crippen LogP contribution in [0.2, 0.25) is 0 Å². The summed E-state index contributed by atoms with van der Waals surface area (Å²) in [5.74, 6) is 1.79. The molecular formula is C18H24N4O. The largest absolute Gasteiger partial charge is 0.381 e. The van der Waals surface area contributed by atoms with Gasteiger partial charge >= 0.3 is 0 Å². The molecule has 0 amide bonds. The van der Waals surface area contributed by atoms with Crippen molar-refractivity contribution in [1.29, 1.82) is 0 Å². The van der Waals surface area contributed by atoms with Gasteiger partial charge in [0.05, 0.1) is 0 Å². The highest BCUT2D eigenvalue weighted by Gasteiger charge is 2.33. The molecule has 4 rings (SSSR count). The van der Waals surface area contributed by atoms with Gasteiger partial charge in [-0.2, -0.15) is 0 Å². The van der Waals surface area contributed by atoms with Crippen LogP contribution in [0.1, 0.15) is 18.5 Å². The van der Waals surface area contributed by atoms with Crippen LogP contribution in [0.5, 0.6) is 0 Å². The van der Waals surface area contributed by atoms with Crippen molar-refractivity contribution in [2.75, 3.05) is 26.3 Å². The lowest BCUT2D eigenvalue weighted by Gasteiger charge is -2.46. The van der Waals surface area contributed by atoms with E-state index < -0.39 is 0 Å². The molecule has 0 atom stereocenters. The van der Waals surface area contributed by atoms with Crippen molar-refractivity contribution in [2.24, 2.45) is 5.92 Å². The summed E-state index contributed by atoms with van der Waals surface area (Å²) in [5, 5.41) is 0. The fourth-order valence-electron chi connectivity index (χ4n) is 3.75. The smallest absolute Gasteiger partial charge is 0.140 e. The van der Waals surface area contributed by atoms with Crippen LogP contribution in [-0.2, 0) is 11.3 Å². The molecule has 0 unspecified atom stereocenters. The van der Waals surface area contributed by atoms with Crippen LogP contribution >= 0.6 is 0 Å². The third-order valence-corrected chi connectivity index (χ3v) is 5.13. The van der Waals surface area contributed by atoms with E-state index in [0.717, 1.165) is 43.1 Å². The molecule has 0 radical (unpaired) electrons. The second-order valence-corrected chi connectivity index (χ2v) is 6.73. The lowest BCUT2D eigenvalue weighted by Crippen LogP contribution is -2.54. The predicted molar refractivity (Wildman–Crippen MR) is 89.1 cm³/mol. The van der Waals surface area contributed by atoms with E-state index in [1.54, 1.807) is 0 Å². The van der Waals surface area contributed by atoms with Gasteiger partial charge < -0.3 is 9.30 Å². The Morgan fingerprint density at radius 2 is 1.91 bits per heavy atom. The van der Waals surface area contributed by atoms with Crippen LogP contribution in [0.25, 0.3) is 11.4 Å². The van der Waals surface area contributed by atoms with E-state index in [0.29, 0.717) is 0 Å². The van der Waals surface area contributed by atoms with Crippen molar-refractivity contribution in [1.82, 2.24) is 19.4 Å². The molecule has 23 heavy (non-hydrogen) atoms. The van der Waals surface area contributed by atoms with Gasteiger partial charge in [0, 0.05) is 74.7 Å². The molecule has 0 N–H and O–H groups in total. The summed E-state index contributed by atoms with van der Waals surface area (Å²) in [4.78, 5) is 11.3. The molecule has 122 valence electrons. The molecule has 0 bridgehead atoms. The topological polar surface area (TPSA) is 43.2 Å². The number of aryl methyl sites for hydroxylation is 1. The molecule has 0 spiro atoms. The summed E-state index contributed by atoms with van der Waals surface area (Å²) in [6.07, 6.45) is 8.03. The Morgan fingerprint density at radius 1 is 1.17 bits per heavy atom. The minimum Gasteiger partial charge on any atom is -0.381 e. The van der Waals surface area contributed by atoms with Gasteiger partial charge in [0.1, 0.15) is 5.82 Å². The molecule has 2 saturated heterocycles. The van der Waals surface area contributed by atoms with Gasteiger partial charge in [0.2, 0.25) is 0 Å². The molecule has 5 nitrogen and oxygen atoms in total. The number of imidazole rings is 1. The number of ether oxygens (including phenoxy) is 1. The Labute approximate surface area is 137 Å². The first-order valence-electron chi connectivity index (χ1n) is 8.55. The first-order chi connectivity index (χ1) is 11.3.